The molecule has 1 N–H and O–H groups in total. The number of aromatic nitrogens is 2. The molecule has 2 aromatic carbocycles. The van der Waals surface area contributed by atoms with E-state index in [9.17, 15) is 9.59 Å². The summed E-state index contributed by atoms with van der Waals surface area (Å²) in [6, 6.07) is 14.6. The molecule has 0 spiro atoms. The van der Waals surface area contributed by atoms with Crippen molar-refractivity contribution < 1.29 is 14.0 Å². The maximum atomic E-state index is 12.7. The van der Waals surface area contributed by atoms with Gasteiger partial charge in [-0.15, -0.1) is 10.2 Å². The van der Waals surface area contributed by atoms with Gasteiger partial charge in [0.2, 0.25) is 11.8 Å². The third-order valence-electron chi connectivity index (χ3n) is 4.39. The number of anilines is 1. The van der Waals surface area contributed by atoms with Crippen LogP contribution < -0.4 is 5.32 Å². The first-order valence-corrected chi connectivity index (χ1v) is 10.2. The number of benzene rings is 2. The first kappa shape index (κ1) is 20.8. The lowest BCUT2D eigenvalue weighted by atomic mass is 10.1. The number of Topliss-reactive ketones (excluding diaryl/α,β-unsaturated/α-hetero) is 1. The molecule has 0 aliphatic carbocycles. The topological polar surface area (TPSA) is 85.1 Å². The van der Waals surface area contributed by atoms with Gasteiger partial charge in [0.25, 0.3) is 5.22 Å². The molecule has 150 valence electrons. The smallest absolute Gasteiger partial charge is 0.277 e. The lowest BCUT2D eigenvalue weighted by molar-refractivity contribution is -0.118. The second-order valence-corrected chi connectivity index (χ2v) is 8.33. The molecule has 0 fully saturated rings. The Morgan fingerprint density at radius 1 is 1.00 bits per heavy atom. The quantitative estimate of drug-likeness (QED) is 0.436. The number of hydrogen-bond acceptors (Lipinski definition) is 6. The number of aryl methyl sites for hydroxylation is 1. The minimum Gasteiger partial charge on any atom is -0.411 e. The highest BCUT2D eigenvalue weighted by molar-refractivity contribution is 8.00. The predicted molar refractivity (Wildman–Crippen MR) is 114 cm³/mol. The molecule has 0 saturated carbocycles. The van der Waals surface area contributed by atoms with Crippen molar-refractivity contribution in [2.45, 2.75) is 38.2 Å². The van der Waals surface area contributed by atoms with E-state index in [1.165, 1.54) is 11.8 Å². The summed E-state index contributed by atoms with van der Waals surface area (Å²) in [5, 5.41) is 10.9. The number of ketones is 1. The van der Waals surface area contributed by atoms with Crippen molar-refractivity contribution >= 4 is 29.1 Å². The Morgan fingerprint density at radius 3 is 2.34 bits per heavy atom. The SMILES string of the molecule is Cc1ccccc1-c1nnc(SC(C)C(=O)c2ccc(NC(=O)C(C)C)cc2)o1. The first-order valence-electron chi connectivity index (χ1n) is 9.36. The summed E-state index contributed by atoms with van der Waals surface area (Å²) < 4.78 is 5.73. The van der Waals surface area contributed by atoms with Crippen LogP contribution in [-0.2, 0) is 4.79 Å². The normalized spacial score (nSPS) is 12.0. The van der Waals surface area contributed by atoms with Crippen molar-refractivity contribution in [1.82, 2.24) is 10.2 Å². The lowest BCUT2D eigenvalue weighted by Crippen LogP contribution is -2.18. The molecule has 7 heteroatoms. The number of nitrogens with one attached hydrogen (secondary N) is 1. The van der Waals surface area contributed by atoms with Crippen LogP contribution in [0.4, 0.5) is 5.69 Å². The van der Waals surface area contributed by atoms with Crippen molar-refractivity contribution in [3.05, 3.63) is 59.7 Å². The van der Waals surface area contributed by atoms with Gasteiger partial charge in [0.15, 0.2) is 5.78 Å². The zero-order valence-electron chi connectivity index (χ0n) is 16.8. The fraction of sp³-hybridized carbons (Fsp3) is 0.273. The molecule has 0 aliphatic heterocycles. The number of carbonyl (C=O) groups excluding carboxylic acids is 2. The highest BCUT2D eigenvalue weighted by atomic mass is 32.2. The fourth-order valence-corrected chi connectivity index (χ4v) is 3.38. The van der Waals surface area contributed by atoms with Gasteiger partial charge in [-0.3, -0.25) is 9.59 Å². The highest BCUT2D eigenvalue weighted by Gasteiger charge is 2.20. The molecule has 1 atom stereocenters. The molecule has 3 aromatic rings. The molecular formula is C22H23N3O3S. The third-order valence-corrected chi connectivity index (χ3v) is 5.32. The molecule has 0 bridgehead atoms. The number of rotatable bonds is 7. The number of amides is 1. The summed E-state index contributed by atoms with van der Waals surface area (Å²) in [5.74, 6) is 0.225. The Hall–Kier alpha value is -2.93. The molecule has 0 aliphatic rings. The van der Waals surface area contributed by atoms with Gasteiger partial charge in [0, 0.05) is 22.7 Å². The minimum atomic E-state index is -0.392. The van der Waals surface area contributed by atoms with Crippen molar-refractivity contribution in [1.29, 1.82) is 0 Å². The Labute approximate surface area is 174 Å². The Bertz CT molecular complexity index is 1010. The number of thioether (sulfide) groups is 1. The summed E-state index contributed by atoms with van der Waals surface area (Å²) >= 11 is 1.23. The maximum Gasteiger partial charge on any atom is 0.277 e. The lowest BCUT2D eigenvalue weighted by Gasteiger charge is -2.10. The standard InChI is InChI=1S/C22H23N3O3S/c1-13(2)20(27)23-17-11-9-16(10-12-17)19(26)15(4)29-22-25-24-21(28-22)18-8-6-5-7-14(18)3/h5-13,15H,1-4H3,(H,23,27). The summed E-state index contributed by atoms with van der Waals surface area (Å²) in [6.45, 7) is 7.44. The van der Waals surface area contributed by atoms with Crippen LogP contribution in [0.2, 0.25) is 0 Å². The van der Waals surface area contributed by atoms with Crippen LogP contribution in [0.1, 0.15) is 36.7 Å². The van der Waals surface area contributed by atoms with Crippen LogP contribution in [0.25, 0.3) is 11.5 Å². The van der Waals surface area contributed by atoms with Gasteiger partial charge in [0.1, 0.15) is 0 Å². The Morgan fingerprint density at radius 2 is 1.69 bits per heavy atom. The monoisotopic (exact) mass is 409 g/mol. The van der Waals surface area contributed by atoms with Crippen LogP contribution in [0, 0.1) is 12.8 Å². The van der Waals surface area contributed by atoms with Gasteiger partial charge < -0.3 is 9.73 Å². The van der Waals surface area contributed by atoms with Gasteiger partial charge >= 0.3 is 0 Å². The van der Waals surface area contributed by atoms with Crippen LogP contribution in [0.15, 0.2) is 58.2 Å². The van der Waals surface area contributed by atoms with Crippen molar-refractivity contribution in [3.63, 3.8) is 0 Å². The molecule has 1 aromatic heterocycles. The van der Waals surface area contributed by atoms with Gasteiger partial charge in [-0.05, 0) is 49.7 Å². The second-order valence-electron chi connectivity index (χ2n) is 7.03. The van der Waals surface area contributed by atoms with E-state index in [-0.39, 0.29) is 17.6 Å². The van der Waals surface area contributed by atoms with Crippen molar-refractivity contribution in [2.75, 3.05) is 5.32 Å². The molecule has 6 nitrogen and oxygen atoms in total. The molecule has 1 amide bonds. The van der Waals surface area contributed by atoms with E-state index >= 15 is 0 Å². The highest BCUT2D eigenvalue weighted by Crippen LogP contribution is 2.29. The van der Waals surface area contributed by atoms with E-state index in [2.05, 4.69) is 15.5 Å². The molecule has 29 heavy (non-hydrogen) atoms. The fourth-order valence-electron chi connectivity index (χ4n) is 2.62. The largest absolute Gasteiger partial charge is 0.411 e. The number of hydrogen-bond donors (Lipinski definition) is 1. The van der Waals surface area contributed by atoms with E-state index in [1.54, 1.807) is 31.2 Å². The molecule has 0 saturated heterocycles. The average Bonchev–Trinajstić information content (AvgIpc) is 3.16. The average molecular weight is 410 g/mol. The van der Waals surface area contributed by atoms with Crippen molar-refractivity contribution in [2.24, 2.45) is 5.92 Å². The van der Waals surface area contributed by atoms with Crippen LogP contribution in [0.3, 0.4) is 0 Å². The molecular weight excluding hydrogens is 386 g/mol. The van der Waals surface area contributed by atoms with Gasteiger partial charge in [-0.25, -0.2) is 0 Å². The Kier molecular flexibility index (Phi) is 6.49. The van der Waals surface area contributed by atoms with E-state index in [4.69, 9.17) is 4.42 Å². The second kappa shape index (κ2) is 9.05. The number of nitrogens with zero attached hydrogens (tertiary/aromatic N) is 2. The maximum absolute atomic E-state index is 12.7. The number of carbonyl (C=O) groups is 2. The summed E-state index contributed by atoms with van der Waals surface area (Å²) in [4.78, 5) is 24.5. The van der Waals surface area contributed by atoms with E-state index in [0.29, 0.717) is 22.4 Å². The van der Waals surface area contributed by atoms with E-state index < -0.39 is 5.25 Å². The van der Waals surface area contributed by atoms with Gasteiger partial charge in [0.05, 0.1) is 5.25 Å². The van der Waals surface area contributed by atoms with Gasteiger partial charge in [-0.1, -0.05) is 43.8 Å². The van der Waals surface area contributed by atoms with Gasteiger partial charge in [-0.2, -0.15) is 0 Å². The zero-order valence-corrected chi connectivity index (χ0v) is 17.6. The third kappa shape index (κ3) is 5.12. The van der Waals surface area contributed by atoms with Crippen LogP contribution in [0.5, 0.6) is 0 Å². The van der Waals surface area contributed by atoms with Crippen LogP contribution in [-0.4, -0.2) is 27.1 Å². The van der Waals surface area contributed by atoms with E-state index in [1.807, 2.05) is 45.0 Å². The Balaban J connectivity index is 1.65. The van der Waals surface area contributed by atoms with E-state index in [0.717, 1.165) is 11.1 Å². The summed E-state index contributed by atoms with van der Waals surface area (Å²) in [5.41, 5.74) is 3.15. The predicted octanol–water partition coefficient (Wildman–Crippen LogP) is 5.00. The molecule has 3 rings (SSSR count). The van der Waals surface area contributed by atoms with Crippen LogP contribution >= 0.6 is 11.8 Å². The summed E-state index contributed by atoms with van der Waals surface area (Å²) in [6.07, 6.45) is 0. The molecule has 0 radical (unpaired) electrons. The minimum absolute atomic E-state index is 0.0487. The van der Waals surface area contributed by atoms with Crippen molar-refractivity contribution in [3.8, 4) is 11.5 Å². The zero-order chi connectivity index (χ0) is 21.0. The molecule has 1 unspecified atom stereocenters. The summed E-state index contributed by atoms with van der Waals surface area (Å²) in [7, 11) is 0. The molecule has 1 heterocycles. The first-order chi connectivity index (χ1) is 13.8.